The molecule has 0 spiro atoms. The number of carbonyl (C=O) groups is 3. The Balaban J connectivity index is 4.44. The lowest BCUT2D eigenvalue weighted by Gasteiger charge is -2.25. The number of hydrogen-bond acceptors (Lipinski definition) is 7. The molecule has 0 fully saturated rings. The average molecular weight is 891 g/mol. The van der Waals surface area contributed by atoms with Crippen LogP contribution in [-0.2, 0) is 33.3 Å². The topological polar surface area (TPSA) is 108 Å². The van der Waals surface area contributed by atoms with Crippen LogP contribution < -0.4 is 0 Å². The van der Waals surface area contributed by atoms with Crippen LogP contribution in [0.5, 0.6) is 0 Å². The SMILES string of the molecule is CC/C=C\C/C=C\C/C=C\C/C=C\C/C=C\C/C=C\C/C=C\C/C=C\C/C=C\CCCC(=O)OC(COC(=O)CCCCCCC/C=C\CCC)COC(OCC[N+](C)(C)C)C(=O)O. The fourth-order valence-electron chi connectivity index (χ4n) is 5.72. The summed E-state index contributed by atoms with van der Waals surface area (Å²) in [5, 5.41) is 9.63. The summed E-state index contributed by atoms with van der Waals surface area (Å²) in [7, 11) is 5.92. The van der Waals surface area contributed by atoms with Gasteiger partial charge in [-0.05, 0) is 96.3 Å². The van der Waals surface area contributed by atoms with Gasteiger partial charge in [0.05, 0.1) is 34.4 Å². The van der Waals surface area contributed by atoms with Gasteiger partial charge in [0.15, 0.2) is 6.10 Å². The molecule has 0 heterocycles. The lowest BCUT2D eigenvalue weighted by molar-refractivity contribution is -0.870. The van der Waals surface area contributed by atoms with E-state index >= 15 is 0 Å². The van der Waals surface area contributed by atoms with Crippen LogP contribution in [0.2, 0.25) is 0 Å². The maximum absolute atomic E-state index is 12.8. The predicted molar refractivity (Wildman–Crippen MR) is 267 cm³/mol. The van der Waals surface area contributed by atoms with Crippen molar-refractivity contribution in [1.82, 2.24) is 0 Å². The molecule has 0 bridgehead atoms. The Morgan fingerprint density at radius 2 is 0.906 bits per heavy atom. The van der Waals surface area contributed by atoms with E-state index in [1.807, 2.05) is 27.2 Å². The molecular weight excluding hydrogens is 803 g/mol. The molecule has 0 aromatic carbocycles. The standard InChI is InChI=1S/C55H87NO8/c1-6-8-10-12-14-16-18-19-20-21-22-23-24-25-26-27-28-29-30-31-32-33-34-35-36-38-40-42-44-46-53(58)64-51(50-63-55(54(59)60)61-48-47-56(3,4)5)49-62-52(57)45-43-41-39-37-17-15-13-11-9-7-2/h8,10-11,13-14,16,19-20,22-23,25-26,28-29,31-32,34-35,38,40,51,55H,6-7,9,12,15,17-18,21,24,27,30,33,36-37,39,41-50H2,1-5H3/p+1/b10-8-,13-11-,16-14-,20-19-,23-22-,26-25-,29-28-,32-31-,35-34-,40-38-. The zero-order valence-electron chi connectivity index (χ0n) is 40.6. The van der Waals surface area contributed by atoms with E-state index in [1.54, 1.807) is 0 Å². The number of hydrogen-bond donors (Lipinski definition) is 1. The fourth-order valence-corrected chi connectivity index (χ4v) is 5.72. The molecule has 0 aliphatic heterocycles. The Labute approximate surface area is 389 Å². The van der Waals surface area contributed by atoms with Gasteiger partial charge in [0.25, 0.3) is 6.29 Å². The molecule has 0 aliphatic rings. The zero-order chi connectivity index (χ0) is 47.0. The number of quaternary nitrogens is 1. The van der Waals surface area contributed by atoms with Gasteiger partial charge in [-0.15, -0.1) is 0 Å². The van der Waals surface area contributed by atoms with Crippen molar-refractivity contribution in [2.75, 3.05) is 47.5 Å². The van der Waals surface area contributed by atoms with Crippen LogP contribution >= 0.6 is 0 Å². The molecular formula is C55H88NO8+. The van der Waals surface area contributed by atoms with Crippen LogP contribution in [-0.4, -0.2) is 87.4 Å². The quantitative estimate of drug-likeness (QED) is 0.0212. The summed E-state index contributed by atoms with van der Waals surface area (Å²) >= 11 is 0. The van der Waals surface area contributed by atoms with Crippen molar-refractivity contribution in [3.8, 4) is 0 Å². The Hall–Kier alpha value is -4.31. The summed E-state index contributed by atoms with van der Waals surface area (Å²) in [4.78, 5) is 37.1. The predicted octanol–water partition coefficient (Wildman–Crippen LogP) is 13.4. The third kappa shape index (κ3) is 45.7. The fraction of sp³-hybridized carbons (Fsp3) is 0.582. The number of carboxylic acids is 1. The molecule has 64 heavy (non-hydrogen) atoms. The van der Waals surface area contributed by atoms with Gasteiger partial charge < -0.3 is 28.5 Å². The second-order valence-corrected chi connectivity index (χ2v) is 16.7. The lowest BCUT2D eigenvalue weighted by atomic mass is 10.1. The molecule has 360 valence electrons. The average Bonchev–Trinajstić information content (AvgIpc) is 3.26. The third-order valence-electron chi connectivity index (χ3n) is 9.43. The number of rotatable bonds is 42. The van der Waals surface area contributed by atoms with Gasteiger partial charge in [0.2, 0.25) is 0 Å². The van der Waals surface area contributed by atoms with Crippen LogP contribution in [0.3, 0.4) is 0 Å². The summed E-state index contributed by atoms with van der Waals surface area (Å²) in [5.41, 5.74) is 0. The van der Waals surface area contributed by atoms with Crippen LogP contribution in [0, 0.1) is 0 Å². The van der Waals surface area contributed by atoms with Crippen molar-refractivity contribution in [3.63, 3.8) is 0 Å². The summed E-state index contributed by atoms with van der Waals surface area (Å²) in [5.74, 6) is -2.12. The molecule has 9 heteroatoms. The minimum atomic E-state index is -1.53. The Morgan fingerprint density at radius 1 is 0.484 bits per heavy atom. The van der Waals surface area contributed by atoms with Crippen molar-refractivity contribution in [1.29, 1.82) is 0 Å². The first kappa shape index (κ1) is 59.7. The molecule has 2 atom stereocenters. The van der Waals surface area contributed by atoms with E-state index in [4.69, 9.17) is 18.9 Å². The first-order valence-corrected chi connectivity index (χ1v) is 24.2. The van der Waals surface area contributed by atoms with Gasteiger partial charge in [-0.3, -0.25) is 9.59 Å². The highest BCUT2D eigenvalue weighted by Crippen LogP contribution is 2.11. The number of aliphatic carboxylic acids is 1. The van der Waals surface area contributed by atoms with Crippen molar-refractivity contribution in [2.45, 2.75) is 161 Å². The maximum atomic E-state index is 12.8. The molecule has 0 saturated heterocycles. The lowest BCUT2D eigenvalue weighted by Crippen LogP contribution is -2.40. The van der Waals surface area contributed by atoms with Crippen molar-refractivity contribution < 1.29 is 42.9 Å². The number of allylic oxidation sites excluding steroid dienone is 20. The van der Waals surface area contributed by atoms with Crippen molar-refractivity contribution in [2.24, 2.45) is 0 Å². The second kappa shape index (κ2) is 45.3. The van der Waals surface area contributed by atoms with Gasteiger partial charge in [-0.1, -0.05) is 161 Å². The van der Waals surface area contributed by atoms with Gasteiger partial charge >= 0.3 is 17.9 Å². The number of unbranched alkanes of at least 4 members (excludes halogenated alkanes) is 7. The second-order valence-electron chi connectivity index (χ2n) is 16.7. The maximum Gasteiger partial charge on any atom is 0.361 e. The first-order chi connectivity index (χ1) is 31.1. The first-order valence-electron chi connectivity index (χ1n) is 24.2. The van der Waals surface area contributed by atoms with E-state index < -0.39 is 24.3 Å². The molecule has 0 rings (SSSR count). The van der Waals surface area contributed by atoms with Crippen LogP contribution in [0.15, 0.2) is 122 Å². The van der Waals surface area contributed by atoms with E-state index in [-0.39, 0.29) is 38.6 Å². The summed E-state index contributed by atoms with van der Waals surface area (Å²) < 4.78 is 22.6. The van der Waals surface area contributed by atoms with Crippen LogP contribution in [0.25, 0.3) is 0 Å². The summed E-state index contributed by atoms with van der Waals surface area (Å²) in [6.45, 7) is 4.57. The van der Waals surface area contributed by atoms with Crippen molar-refractivity contribution >= 4 is 17.9 Å². The van der Waals surface area contributed by atoms with E-state index in [0.29, 0.717) is 23.9 Å². The van der Waals surface area contributed by atoms with Gasteiger partial charge in [-0.2, -0.15) is 0 Å². The number of nitrogens with zero attached hydrogens (tertiary/aromatic N) is 1. The normalized spacial score (nSPS) is 14.0. The zero-order valence-corrected chi connectivity index (χ0v) is 40.6. The number of carbonyl (C=O) groups excluding carboxylic acids is 2. The van der Waals surface area contributed by atoms with Gasteiger partial charge in [0.1, 0.15) is 13.2 Å². The monoisotopic (exact) mass is 891 g/mol. The Morgan fingerprint density at radius 3 is 1.39 bits per heavy atom. The highest BCUT2D eigenvalue weighted by Gasteiger charge is 2.25. The molecule has 0 aliphatic carbocycles. The highest BCUT2D eigenvalue weighted by atomic mass is 16.7. The molecule has 2 unspecified atom stereocenters. The number of carboxylic acid groups (broad SMARTS) is 1. The van der Waals surface area contributed by atoms with E-state index in [0.717, 1.165) is 103 Å². The van der Waals surface area contributed by atoms with E-state index in [1.165, 1.54) is 6.42 Å². The largest absolute Gasteiger partial charge is 0.477 e. The Bertz CT molecular complexity index is 1460. The summed E-state index contributed by atoms with van der Waals surface area (Å²) in [6.07, 6.45) is 60.0. The van der Waals surface area contributed by atoms with Crippen molar-refractivity contribution in [3.05, 3.63) is 122 Å². The molecule has 9 nitrogen and oxygen atoms in total. The smallest absolute Gasteiger partial charge is 0.361 e. The number of likely N-dealkylation sites (N-methyl/N-ethyl adjacent to an activating group) is 1. The van der Waals surface area contributed by atoms with Crippen LogP contribution in [0.4, 0.5) is 0 Å². The molecule has 0 aromatic heterocycles. The Kier molecular flexibility index (Phi) is 42.2. The van der Waals surface area contributed by atoms with Gasteiger partial charge in [-0.25, -0.2) is 4.79 Å². The summed E-state index contributed by atoms with van der Waals surface area (Å²) in [6, 6.07) is 0. The minimum absolute atomic E-state index is 0.168. The van der Waals surface area contributed by atoms with E-state index in [9.17, 15) is 19.5 Å². The highest BCUT2D eigenvalue weighted by molar-refractivity contribution is 5.71. The van der Waals surface area contributed by atoms with E-state index in [2.05, 4.69) is 129 Å². The molecule has 0 radical (unpaired) electrons. The third-order valence-corrected chi connectivity index (χ3v) is 9.43. The molecule has 0 saturated carbocycles. The molecule has 0 aromatic rings. The number of esters is 2. The molecule has 1 N–H and O–H groups in total. The number of ether oxygens (including phenoxy) is 4. The van der Waals surface area contributed by atoms with Gasteiger partial charge in [0, 0.05) is 12.8 Å². The van der Waals surface area contributed by atoms with Crippen LogP contribution in [0.1, 0.15) is 149 Å². The minimum Gasteiger partial charge on any atom is -0.477 e. The molecule has 0 amide bonds.